The van der Waals surface area contributed by atoms with Crippen molar-refractivity contribution in [3.05, 3.63) is 46.7 Å². The molecule has 1 amide bonds. The van der Waals surface area contributed by atoms with Gasteiger partial charge in [-0.1, -0.05) is 23.7 Å². The molecule has 8 heteroatoms. The van der Waals surface area contributed by atoms with Gasteiger partial charge in [-0.05, 0) is 18.2 Å². The molecule has 1 aromatic carbocycles. The Morgan fingerprint density at radius 2 is 2.18 bits per heavy atom. The molecule has 0 spiro atoms. The van der Waals surface area contributed by atoms with E-state index in [0.717, 1.165) is 11.4 Å². The molecular weight excluding hydrogens is 382 g/mol. The summed E-state index contributed by atoms with van der Waals surface area (Å²) >= 11 is 6.11. The molecule has 28 heavy (non-hydrogen) atoms. The predicted molar refractivity (Wildman–Crippen MR) is 106 cm³/mol. The fourth-order valence-corrected chi connectivity index (χ4v) is 3.34. The SMILES string of the molecule is COCCC(=O)N1CCO[C@@H](c2cc(CCOc3ccccc3Cl)n(C)n2)C1. The highest BCUT2D eigenvalue weighted by Crippen LogP contribution is 2.24. The molecule has 1 fully saturated rings. The average Bonchev–Trinajstić information content (AvgIpc) is 3.08. The van der Waals surface area contributed by atoms with E-state index < -0.39 is 0 Å². The van der Waals surface area contributed by atoms with Gasteiger partial charge in [0.25, 0.3) is 0 Å². The fraction of sp³-hybridized carbons (Fsp3) is 0.500. The second-order valence-electron chi connectivity index (χ2n) is 6.66. The Labute approximate surface area is 170 Å². The van der Waals surface area contributed by atoms with Crippen LogP contribution in [0.2, 0.25) is 5.02 Å². The summed E-state index contributed by atoms with van der Waals surface area (Å²) in [5, 5.41) is 5.18. The summed E-state index contributed by atoms with van der Waals surface area (Å²) in [6.07, 6.45) is 0.859. The lowest BCUT2D eigenvalue weighted by molar-refractivity contribution is -0.140. The molecule has 152 valence electrons. The molecule has 0 saturated carbocycles. The van der Waals surface area contributed by atoms with Crippen molar-refractivity contribution in [2.75, 3.05) is 40.0 Å². The highest BCUT2D eigenvalue weighted by atomic mass is 35.5. The fourth-order valence-electron chi connectivity index (χ4n) is 3.15. The number of halogens is 1. The Bertz CT molecular complexity index is 796. The van der Waals surface area contributed by atoms with Crippen LogP contribution in [-0.4, -0.2) is 60.6 Å². The van der Waals surface area contributed by atoms with E-state index in [-0.39, 0.29) is 12.0 Å². The molecule has 0 aliphatic carbocycles. The number of nitrogens with zero attached hydrogens (tertiary/aromatic N) is 3. The van der Waals surface area contributed by atoms with E-state index in [1.54, 1.807) is 13.2 Å². The zero-order valence-electron chi connectivity index (χ0n) is 16.3. The first-order chi connectivity index (χ1) is 13.6. The van der Waals surface area contributed by atoms with Crippen LogP contribution in [0.1, 0.15) is 23.9 Å². The summed E-state index contributed by atoms with van der Waals surface area (Å²) in [7, 11) is 3.50. The largest absolute Gasteiger partial charge is 0.492 e. The highest BCUT2D eigenvalue weighted by Gasteiger charge is 2.27. The summed E-state index contributed by atoms with van der Waals surface area (Å²) in [6, 6.07) is 9.44. The van der Waals surface area contributed by atoms with Crippen molar-refractivity contribution in [3.8, 4) is 5.75 Å². The van der Waals surface area contributed by atoms with Crippen LogP contribution in [0.5, 0.6) is 5.75 Å². The number of methoxy groups -OCH3 is 1. The molecule has 0 bridgehead atoms. The number of morpholine rings is 1. The predicted octanol–water partition coefficient (Wildman–Crippen LogP) is 2.63. The second-order valence-corrected chi connectivity index (χ2v) is 7.06. The molecule has 1 atom stereocenters. The Hall–Kier alpha value is -2.09. The van der Waals surface area contributed by atoms with Gasteiger partial charge in [0.15, 0.2) is 0 Å². The molecular formula is C20H26ClN3O4. The Morgan fingerprint density at radius 1 is 1.36 bits per heavy atom. The zero-order chi connectivity index (χ0) is 19.9. The minimum absolute atomic E-state index is 0.0828. The second kappa shape index (κ2) is 9.91. The number of amides is 1. The average molecular weight is 408 g/mol. The molecule has 2 aromatic rings. The number of benzene rings is 1. The molecule has 1 aliphatic heterocycles. The van der Waals surface area contributed by atoms with Crippen molar-refractivity contribution < 1.29 is 19.0 Å². The van der Waals surface area contributed by atoms with Gasteiger partial charge in [0.05, 0.1) is 43.5 Å². The van der Waals surface area contributed by atoms with Gasteiger partial charge in [-0.25, -0.2) is 0 Å². The third kappa shape index (κ3) is 5.25. The molecule has 1 aliphatic rings. The van der Waals surface area contributed by atoms with Gasteiger partial charge in [-0.3, -0.25) is 9.48 Å². The number of aromatic nitrogens is 2. The normalized spacial score (nSPS) is 17.0. The highest BCUT2D eigenvalue weighted by molar-refractivity contribution is 6.32. The van der Waals surface area contributed by atoms with E-state index in [2.05, 4.69) is 5.10 Å². The lowest BCUT2D eigenvalue weighted by Gasteiger charge is -2.32. The monoisotopic (exact) mass is 407 g/mol. The van der Waals surface area contributed by atoms with Crippen molar-refractivity contribution >= 4 is 17.5 Å². The smallest absolute Gasteiger partial charge is 0.225 e. The maximum atomic E-state index is 12.2. The van der Waals surface area contributed by atoms with E-state index >= 15 is 0 Å². The van der Waals surface area contributed by atoms with Crippen molar-refractivity contribution in [1.82, 2.24) is 14.7 Å². The first kappa shape index (κ1) is 20.6. The van der Waals surface area contributed by atoms with Gasteiger partial charge in [0, 0.05) is 32.8 Å². The molecule has 0 radical (unpaired) electrons. The standard InChI is InChI=1S/C20H26ClN3O4/c1-23-15(7-11-27-18-6-4-3-5-16(18)21)13-17(22-23)19-14-24(9-12-28-19)20(25)8-10-26-2/h3-6,13,19H,7-12,14H2,1-2H3/t19-/m1/s1. The van der Waals surface area contributed by atoms with Crippen molar-refractivity contribution in [2.24, 2.45) is 7.05 Å². The molecule has 1 aromatic heterocycles. The molecule has 0 N–H and O–H groups in total. The molecule has 7 nitrogen and oxygen atoms in total. The molecule has 0 unspecified atom stereocenters. The van der Waals surface area contributed by atoms with Crippen molar-refractivity contribution in [3.63, 3.8) is 0 Å². The number of para-hydroxylation sites is 1. The summed E-state index contributed by atoms with van der Waals surface area (Å²) in [5.41, 5.74) is 1.87. The van der Waals surface area contributed by atoms with Gasteiger partial charge in [-0.15, -0.1) is 0 Å². The Morgan fingerprint density at radius 3 is 2.96 bits per heavy atom. The van der Waals surface area contributed by atoms with Crippen LogP contribution in [0.3, 0.4) is 0 Å². The van der Waals surface area contributed by atoms with E-state index in [4.69, 9.17) is 25.8 Å². The van der Waals surface area contributed by atoms with Crippen LogP contribution in [0.25, 0.3) is 0 Å². The van der Waals surface area contributed by atoms with E-state index in [0.29, 0.717) is 56.5 Å². The summed E-state index contributed by atoms with van der Waals surface area (Å²) in [4.78, 5) is 14.1. The molecule has 3 rings (SSSR count). The molecule has 2 heterocycles. The van der Waals surface area contributed by atoms with Crippen LogP contribution in [0.4, 0.5) is 0 Å². The summed E-state index contributed by atoms with van der Waals surface area (Å²) < 4.78 is 18.5. The van der Waals surface area contributed by atoms with Crippen molar-refractivity contribution in [2.45, 2.75) is 18.9 Å². The quantitative estimate of drug-likeness (QED) is 0.673. The van der Waals surface area contributed by atoms with Gasteiger partial charge in [0.2, 0.25) is 5.91 Å². The third-order valence-corrected chi connectivity index (χ3v) is 5.03. The first-order valence-electron chi connectivity index (χ1n) is 9.37. The molecule has 1 saturated heterocycles. The van der Waals surface area contributed by atoms with E-state index in [1.807, 2.05) is 40.9 Å². The maximum absolute atomic E-state index is 12.2. The summed E-state index contributed by atoms with van der Waals surface area (Å²) in [5.74, 6) is 0.756. The van der Waals surface area contributed by atoms with E-state index in [9.17, 15) is 4.79 Å². The minimum atomic E-state index is -0.218. The number of carbonyl (C=O) groups is 1. The Balaban J connectivity index is 1.57. The van der Waals surface area contributed by atoms with Crippen LogP contribution >= 0.6 is 11.6 Å². The lowest BCUT2D eigenvalue weighted by atomic mass is 10.1. The van der Waals surface area contributed by atoms with Gasteiger partial charge in [0.1, 0.15) is 11.9 Å². The van der Waals surface area contributed by atoms with Gasteiger partial charge >= 0.3 is 0 Å². The van der Waals surface area contributed by atoms with Crippen LogP contribution < -0.4 is 4.74 Å². The van der Waals surface area contributed by atoms with Crippen molar-refractivity contribution in [1.29, 1.82) is 0 Å². The number of hydrogen-bond acceptors (Lipinski definition) is 5. The zero-order valence-corrected chi connectivity index (χ0v) is 17.0. The van der Waals surface area contributed by atoms with Crippen LogP contribution in [0.15, 0.2) is 30.3 Å². The Kier molecular flexibility index (Phi) is 7.30. The van der Waals surface area contributed by atoms with Gasteiger partial charge < -0.3 is 19.1 Å². The number of carbonyl (C=O) groups excluding carboxylic acids is 1. The number of rotatable bonds is 8. The van der Waals surface area contributed by atoms with E-state index in [1.165, 1.54) is 0 Å². The third-order valence-electron chi connectivity index (χ3n) is 4.72. The topological polar surface area (TPSA) is 65.8 Å². The van der Waals surface area contributed by atoms with Crippen LogP contribution in [0, 0.1) is 0 Å². The first-order valence-corrected chi connectivity index (χ1v) is 9.74. The number of aryl methyl sites for hydroxylation is 1. The van der Waals surface area contributed by atoms with Crippen LogP contribution in [-0.2, 0) is 27.7 Å². The van der Waals surface area contributed by atoms with Gasteiger partial charge in [-0.2, -0.15) is 5.10 Å². The number of hydrogen-bond donors (Lipinski definition) is 0. The summed E-state index contributed by atoms with van der Waals surface area (Å²) in [6.45, 7) is 2.54. The lowest BCUT2D eigenvalue weighted by Crippen LogP contribution is -2.42. The minimum Gasteiger partial charge on any atom is -0.492 e. The maximum Gasteiger partial charge on any atom is 0.225 e. The number of ether oxygens (including phenoxy) is 3.